The van der Waals surface area contributed by atoms with Crippen molar-refractivity contribution in [2.24, 2.45) is 0 Å². The van der Waals surface area contributed by atoms with E-state index >= 15 is 0 Å². The van der Waals surface area contributed by atoms with Crippen LogP contribution in [0.5, 0.6) is 0 Å². The molecule has 0 spiro atoms. The molecule has 9 aromatic rings. The summed E-state index contributed by atoms with van der Waals surface area (Å²) in [7, 11) is 0. The summed E-state index contributed by atoms with van der Waals surface area (Å²) >= 11 is 15.8. The fourth-order valence-corrected chi connectivity index (χ4v) is 14.4. The maximum atomic E-state index is 4.69. The number of aryl methyl sites for hydroxylation is 4. The third-order valence-electron chi connectivity index (χ3n) is 8.99. The van der Waals surface area contributed by atoms with E-state index in [-0.39, 0.29) is 0 Å². The molecule has 0 saturated carbocycles. The van der Waals surface area contributed by atoms with E-state index in [1.807, 2.05) is 57.7 Å². The normalized spacial score (nSPS) is 11.8. The van der Waals surface area contributed by atoms with Crippen molar-refractivity contribution in [3.05, 3.63) is 113 Å². The first-order valence-corrected chi connectivity index (χ1v) is 22.9. The van der Waals surface area contributed by atoms with Gasteiger partial charge in [0.25, 0.3) is 0 Å². The number of benzene rings is 3. The molecule has 0 unspecified atom stereocenters. The highest BCUT2D eigenvalue weighted by molar-refractivity contribution is 14.1. The predicted octanol–water partition coefficient (Wildman–Crippen LogP) is 15.6. The molecule has 50 heavy (non-hydrogen) atoms. The van der Waals surface area contributed by atoms with Crippen LogP contribution in [-0.4, -0.2) is 9.97 Å². The highest BCUT2D eigenvalue weighted by Crippen LogP contribution is 2.55. The van der Waals surface area contributed by atoms with Crippen molar-refractivity contribution < 1.29 is 0 Å². The number of hydrogen-bond donors (Lipinski definition) is 0. The molecule has 9 rings (SSSR count). The fourth-order valence-electron chi connectivity index (χ4n) is 6.83. The van der Waals surface area contributed by atoms with Gasteiger partial charge in [0.15, 0.2) is 0 Å². The molecule has 3 aromatic carbocycles. The first-order chi connectivity index (χ1) is 24.2. The molecule has 0 aliphatic heterocycles. The first-order valence-electron chi connectivity index (χ1n) is 15.8. The van der Waals surface area contributed by atoms with Crippen LogP contribution in [0.3, 0.4) is 0 Å². The second kappa shape index (κ2) is 13.3. The van der Waals surface area contributed by atoms with E-state index in [9.17, 15) is 0 Å². The van der Waals surface area contributed by atoms with E-state index in [0.717, 1.165) is 10.0 Å². The Labute approximate surface area is 341 Å². The Hall–Kier alpha value is -2.30. The molecule has 0 bridgehead atoms. The number of nitrogens with zero attached hydrogens (tertiary/aromatic N) is 2. The van der Waals surface area contributed by atoms with Crippen molar-refractivity contribution in [3.63, 3.8) is 0 Å². The van der Waals surface area contributed by atoms with Gasteiger partial charge in [-0.25, -0.2) is 9.97 Å². The molecule has 2 nitrogen and oxygen atoms in total. The maximum Gasteiger partial charge on any atom is 0.134 e. The van der Waals surface area contributed by atoms with E-state index in [2.05, 4.69) is 156 Å². The summed E-state index contributed by atoms with van der Waals surface area (Å²) in [5.74, 6) is 0. The monoisotopic (exact) mass is 980 g/mol. The van der Waals surface area contributed by atoms with Gasteiger partial charge in [0, 0.05) is 50.8 Å². The second-order valence-corrected chi connectivity index (χ2v) is 22.4. The Morgan fingerprint density at radius 3 is 1.16 bits per heavy atom. The lowest BCUT2D eigenvalue weighted by atomic mass is 9.87. The average molecular weight is 981 g/mol. The zero-order valence-corrected chi connectivity index (χ0v) is 36.4. The second-order valence-electron chi connectivity index (χ2n) is 12.3. The van der Waals surface area contributed by atoms with E-state index in [1.54, 1.807) is 22.7 Å². The average Bonchev–Trinajstić information content (AvgIpc) is 3.93. The maximum absolute atomic E-state index is 4.69. The summed E-state index contributed by atoms with van der Waals surface area (Å²) in [4.78, 5) is 17.0. The van der Waals surface area contributed by atoms with Crippen LogP contribution in [0, 0.1) is 33.5 Å². The van der Waals surface area contributed by atoms with Crippen molar-refractivity contribution >= 4 is 133 Å². The summed E-state index contributed by atoms with van der Waals surface area (Å²) in [5, 5.41) is 4.86. The molecule has 0 radical (unpaired) electrons. The number of thiazole rings is 2. The van der Waals surface area contributed by atoms with E-state index in [0.29, 0.717) is 0 Å². The Morgan fingerprint density at radius 1 is 0.420 bits per heavy atom. The molecule has 0 N–H and O–H groups in total. The topological polar surface area (TPSA) is 25.8 Å². The molecule has 6 aromatic heterocycles. The molecule has 6 heterocycles. The molecule has 10 heteroatoms. The first kappa shape index (κ1) is 33.5. The van der Waals surface area contributed by atoms with Crippen molar-refractivity contribution in [3.8, 4) is 61.5 Å². The van der Waals surface area contributed by atoms with Crippen LogP contribution in [0.25, 0.3) is 81.7 Å². The molecule has 0 fully saturated rings. The van der Waals surface area contributed by atoms with Crippen LogP contribution < -0.4 is 0 Å². The largest absolute Gasteiger partial charge is 0.243 e. The standard InChI is InChI=1S/C40H26I2N2S6/c1-19-7-5-8-20(2)33(19)35-23-15-29(25-11-13-27(45-25)39-43-17-31(41)49-39)48-38(23)36(34-21(3)9-6-10-22(34)4)24-16-30(47-37(24)35)26-12-14-28(46-26)40-44-18-32(42)50-40/h5-18H,1-4H3. The van der Waals surface area contributed by atoms with Crippen LogP contribution in [0.1, 0.15) is 22.3 Å². The number of thiophene rings is 4. The van der Waals surface area contributed by atoms with Gasteiger partial charge in [0.2, 0.25) is 0 Å². The summed E-state index contributed by atoms with van der Waals surface area (Å²) < 4.78 is 5.13. The molecule has 0 amide bonds. The molecule has 0 saturated heterocycles. The van der Waals surface area contributed by atoms with Gasteiger partial charge in [-0.15, -0.1) is 68.0 Å². The van der Waals surface area contributed by atoms with Crippen LogP contribution in [0.15, 0.2) is 85.2 Å². The number of halogens is 2. The minimum absolute atomic E-state index is 1.09. The third kappa shape index (κ3) is 5.78. The van der Waals surface area contributed by atoms with Crippen molar-refractivity contribution in [1.29, 1.82) is 0 Å². The van der Waals surface area contributed by atoms with Gasteiger partial charge in [-0.1, -0.05) is 36.4 Å². The number of rotatable bonds is 6. The van der Waals surface area contributed by atoms with Crippen LogP contribution in [0.4, 0.5) is 0 Å². The minimum Gasteiger partial charge on any atom is -0.243 e. The van der Waals surface area contributed by atoms with E-state index < -0.39 is 0 Å². The van der Waals surface area contributed by atoms with Gasteiger partial charge < -0.3 is 0 Å². The lowest BCUT2D eigenvalue weighted by Crippen LogP contribution is -1.93. The highest BCUT2D eigenvalue weighted by Gasteiger charge is 2.26. The summed E-state index contributed by atoms with van der Waals surface area (Å²) in [6, 6.07) is 27.5. The lowest BCUT2D eigenvalue weighted by Gasteiger charge is -2.18. The SMILES string of the molecule is Cc1cccc(C)c1-c1c2cc(-c3ccc(-c4ncc(I)s4)s3)sc2c(-c2c(C)cccc2C)c2cc(-c3ccc(-c4ncc(I)s4)s3)sc12. The van der Waals surface area contributed by atoms with Crippen LogP contribution in [-0.2, 0) is 0 Å². The third-order valence-corrected chi connectivity index (χ3v) is 17.6. The van der Waals surface area contributed by atoms with Gasteiger partial charge >= 0.3 is 0 Å². The Balaban J connectivity index is 1.36. The Morgan fingerprint density at radius 2 is 0.800 bits per heavy atom. The lowest BCUT2D eigenvalue weighted by molar-refractivity contribution is 1.39. The Kier molecular flexibility index (Phi) is 8.91. The van der Waals surface area contributed by atoms with Crippen molar-refractivity contribution in [2.45, 2.75) is 27.7 Å². The van der Waals surface area contributed by atoms with Gasteiger partial charge in [-0.05, 0) is 143 Å². The highest BCUT2D eigenvalue weighted by atomic mass is 127. The molecule has 0 atom stereocenters. The molecule has 246 valence electrons. The summed E-state index contributed by atoms with van der Waals surface area (Å²) in [6.45, 7) is 9.07. The van der Waals surface area contributed by atoms with Crippen molar-refractivity contribution in [2.75, 3.05) is 0 Å². The van der Waals surface area contributed by atoms with Crippen molar-refractivity contribution in [1.82, 2.24) is 9.97 Å². The fraction of sp³-hybridized carbons (Fsp3) is 0.100. The summed E-state index contributed by atoms with van der Waals surface area (Å²) in [6.07, 6.45) is 3.93. The predicted molar refractivity (Wildman–Crippen MR) is 241 cm³/mol. The van der Waals surface area contributed by atoms with Crippen LogP contribution >= 0.6 is 113 Å². The van der Waals surface area contributed by atoms with Gasteiger partial charge in [-0.2, -0.15) is 0 Å². The van der Waals surface area contributed by atoms with E-state index in [4.69, 9.17) is 0 Å². The van der Waals surface area contributed by atoms with Gasteiger partial charge in [-0.3, -0.25) is 0 Å². The zero-order chi connectivity index (χ0) is 34.3. The van der Waals surface area contributed by atoms with Gasteiger partial charge in [0.05, 0.1) is 27.9 Å². The number of fused-ring (bicyclic) bond motifs is 2. The smallest absolute Gasteiger partial charge is 0.134 e. The number of aromatic nitrogens is 2. The molecule has 0 aliphatic rings. The number of hydrogen-bond acceptors (Lipinski definition) is 8. The quantitative estimate of drug-likeness (QED) is 0.155. The molecular formula is C40H26I2N2S6. The molecule has 0 aliphatic carbocycles. The minimum atomic E-state index is 1.09. The van der Waals surface area contributed by atoms with E-state index in [1.165, 1.54) is 99.7 Å². The van der Waals surface area contributed by atoms with Gasteiger partial charge in [0.1, 0.15) is 10.0 Å². The summed E-state index contributed by atoms with van der Waals surface area (Å²) in [5.41, 5.74) is 10.6. The van der Waals surface area contributed by atoms with Crippen LogP contribution in [0.2, 0.25) is 0 Å². The molecular weight excluding hydrogens is 955 g/mol. The Bertz CT molecular complexity index is 2470. The zero-order valence-electron chi connectivity index (χ0n) is 27.2.